The Morgan fingerprint density at radius 1 is 1.30 bits per heavy atom. The molecule has 0 bridgehead atoms. The van der Waals surface area contributed by atoms with Crippen molar-refractivity contribution in [1.82, 2.24) is 19.7 Å². The molecular formula is C15H22N4O. The molecule has 0 aliphatic carbocycles. The Labute approximate surface area is 119 Å². The first kappa shape index (κ1) is 14.4. The molecule has 0 aliphatic heterocycles. The van der Waals surface area contributed by atoms with Gasteiger partial charge in [-0.2, -0.15) is 5.10 Å². The SMILES string of the molecule is Cc1cc(C)n(C(C)C(=O)NCc2ccc(C)n2C)n1. The second kappa shape index (κ2) is 5.53. The van der Waals surface area contributed by atoms with Gasteiger partial charge in [0.1, 0.15) is 6.04 Å². The van der Waals surface area contributed by atoms with Crippen LogP contribution in [0.5, 0.6) is 0 Å². The summed E-state index contributed by atoms with van der Waals surface area (Å²) in [6.07, 6.45) is 0. The number of hydrogen-bond donors (Lipinski definition) is 1. The van der Waals surface area contributed by atoms with Crippen molar-refractivity contribution in [3.05, 3.63) is 41.0 Å². The average molecular weight is 274 g/mol. The van der Waals surface area contributed by atoms with Gasteiger partial charge in [0.05, 0.1) is 12.2 Å². The predicted octanol–water partition coefficient (Wildman–Crippen LogP) is 2.02. The number of carbonyl (C=O) groups excluding carboxylic acids is 1. The molecule has 0 spiro atoms. The maximum atomic E-state index is 12.2. The quantitative estimate of drug-likeness (QED) is 0.927. The smallest absolute Gasteiger partial charge is 0.244 e. The van der Waals surface area contributed by atoms with Crippen LogP contribution in [0.4, 0.5) is 0 Å². The topological polar surface area (TPSA) is 51.9 Å². The number of amides is 1. The van der Waals surface area contributed by atoms with Gasteiger partial charge in [-0.1, -0.05) is 0 Å². The molecule has 2 rings (SSSR count). The Hall–Kier alpha value is -2.04. The fourth-order valence-corrected chi connectivity index (χ4v) is 2.32. The van der Waals surface area contributed by atoms with Crippen LogP contribution in [0.15, 0.2) is 18.2 Å². The summed E-state index contributed by atoms with van der Waals surface area (Å²) in [6.45, 7) is 8.34. The highest BCUT2D eigenvalue weighted by atomic mass is 16.2. The summed E-state index contributed by atoms with van der Waals surface area (Å²) in [4.78, 5) is 12.2. The van der Waals surface area contributed by atoms with Crippen LogP contribution in [0.1, 0.15) is 35.7 Å². The Morgan fingerprint density at radius 2 is 2.00 bits per heavy atom. The first-order chi connectivity index (χ1) is 9.40. The molecule has 1 amide bonds. The lowest BCUT2D eigenvalue weighted by molar-refractivity contribution is -0.124. The van der Waals surface area contributed by atoms with Crippen molar-refractivity contribution < 1.29 is 4.79 Å². The van der Waals surface area contributed by atoms with Gasteiger partial charge in [-0.15, -0.1) is 0 Å². The molecular weight excluding hydrogens is 252 g/mol. The summed E-state index contributed by atoms with van der Waals surface area (Å²) in [6, 6.07) is 5.75. The van der Waals surface area contributed by atoms with Gasteiger partial charge < -0.3 is 9.88 Å². The molecule has 1 atom stereocenters. The van der Waals surface area contributed by atoms with Gasteiger partial charge in [-0.05, 0) is 45.9 Å². The zero-order valence-electron chi connectivity index (χ0n) is 12.8. The Kier molecular flexibility index (Phi) is 3.97. The van der Waals surface area contributed by atoms with Crippen LogP contribution < -0.4 is 5.32 Å². The van der Waals surface area contributed by atoms with E-state index in [1.54, 1.807) is 4.68 Å². The van der Waals surface area contributed by atoms with Gasteiger partial charge in [-0.3, -0.25) is 9.48 Å². The molecule has 20 heavy (non-hydrogen) atoms. The molecule has 108 valence electrons. The minimum atomic E-state index is -0.301. The fraction of sp³-hybridized carbons (Fsp3) is 0.467. The van der Waals surface area contributed by atoms with Crippen LogP contribution in [0.3, 0.4) is 0 Å². The van der Waals surface area contributed by atoms with Crippen molar-refractivity contribution in [1.29, 1.82) is 0 Å². The molecule has 1 N–H and O–H groups in total. The van der Waals surface area contributed by atoms with Gasteiger partial charge in [0.15, 0.2) is 0 Å². The third-order valence-corrected chi connectivity index (χ3v) is 3.71. The summed E-state index contributed by atoms with van der Waals surface area (Å²) in [5, 5.41) is 7.33. The summed E-state index contributed by atoms with van der Waals surface area (Å²) in [5.74, 6) is -0.0185. The molecule has 2 aromatic heterocycles. The van der Waals surface area contributed by atoms with Gasteiger partial charge in [-0.25, -0.2) is 0 Å². The maximum Gasteiger partial charge on any atom is 0.244 e. The molecule has 0 aliphatic rings. The summed E-state index contributed by atoms with van der Waals surface area (Å²) in [7, 11) is 2.00. The van der Waals surface area contributed by atoms with E-state index in [-0.39, 0.29) is 11.9 Å². The lowest BCUT2D eigenvalue weighted by Crippen LogP contribution is -2.32. The number of aryl methyl sites for hydroxylation is 3. The summed E-state index contributed by atoms with van der Waals surface area (Å²) >= 11 is 0. The van der Waals surface area contributed by atoms with Crippen LogP contribution in [-0.2, 0) is 18.4 Å². The number of carbonyl (C=O) groups is 1. The van der Waals surface area contributed by atoms with E-state index < -0.39 is 0 Å². The van der Waals surface area contributed by atoms with E-state index in [0.29, 0.717) is 6.54 Å². The van der Waals surface area contributed by atoms with E-state index in [0.717, 1.165) is 17.1 Å². The molecule has 1 unspecified atom stereocenters. The molecule has 0 aromatic carbocycles. The summed E-state index contributed by atoms with van der Waals surface area (Å²) < 4.78 is 3.84. The molecule has 5 nitrogen and oxygen atoms in total. The summed E-state index contributed by atoms with van der Waals surface area (Å²) in [5.41, 5.74) is 4.21. The van der Waals surface area contributed by atoms with Crippen molar-refractivity contribution in [3.8, 4) is 0 Å². The lowest BCUT2D eigenvalue weighted by atomic mass is 10.3. The van der Waals surface area contributed by atoms with Crippen LogP contribution in [0, 0.1) is 20.8 Å². The minimum Gasteiger partial charge on any atom is -0.350 e. The monoisotopic (exact) mass is 274 g/mol. The number of aromatic nitrogens is 3. The molecule has 2 aromatic rings. The Morgan fingerprint density at radius 3 is 2.50 bits per heavy atom. The van der Waals surface area contributed by atoms with Crippen LogP contribution in [0.2, 0.25) is 0 Å². The Balaban J connectivity index is 2.01. The highest BCUT2D eigenvalue weighted by molar-refractivity contribution is 5.79. The molecule has 0 saturated heterocycles. The minimum absolute atomic E-state index is 0.0185. The largest absolute Gasteiger partial charge is 0.350 e. The van der Waals surface area contributed by atoms with Gasteiger partial charge in [0.2, 0.25) is 5.91 Å². The van der Waals surface area contributed by atoms with Gasteiger partial charge in [0.25, 0.3) is 0 Å². The molecule has 5 heteroatoms. The average Bonchev–Trinajstić information content (AvgIpc) is 2.90. The van der Waals surface area contributed by atoms with Crippen LogP contribution in [0.25, 0.3) is 0 Å². The van der Waals surface area contributed by atoms with Gasteiger partial charge >= 0.3 is 0 Å². The van der Waals surface area contributed by atoms with E-state index >= 15 is 0 Å². The lowest BCUT2D eigenvalue weighted by Gasteiger charge is -2.15. The third-order valence-electron chi connectivity index (χ3n) is 3.71. The Bertz CT molecular complexity index is 624. The second-order valence-electron chi connectivity index (χ2n) is 5.29. The van der Waals surface area contributed by atoms with Crippen molar-refractivity contribution >= 4 is 5.91 Å². The standard InChI is InChI=1S/C15H22N4O/c1-10-8-12(3)19(17-10)13(4)15(20)16-9-14-7-6-11(2)18(14)5/h6-8,13H,9H2,1-5H3,(H,16,20). The van der Waals surface area contributed by atoms with Crippen molar-refractivity contribution in [2.24, 2.45) is 7.05 Å². The fourth-order valence-electron chi connectivity index (χ4n) is 2.32. The first-order valence-corrected chi connectivity index (χ1v) is 6.82. The first-order valence-electron chi connectivity index (χ1n) is 6.82. The number of hydrogen-bond acceptors (Lipinski definition) is 2. The zero-order chi connectivity index (χ0) is 14.9. The van der Waals surface area contributed by atoms with Crippen LogP contribution >= 0.6 is 0 Å². The second-order valence-corrected chi connectivity index (χ2v) is 5.29. The molecule has 0 saturated carbocycles. The predicted molar refractivity (Wildman–Crippen MR) is 78.4 cm³/mol. The maximum absolute atomic E-state index is 12.2. The van der Waals surface area contributed by atoms with E-state index in [2.05, 4.69) is 15.0 Å². The normalized spacial score (nSPS) is 12.4. The third kappa shape index (κ3) is 2.76. The zero-order valence-corrected chi connectivity index (χ0v) is 12.8. The van der Waals surface area contributed by atoms with Crippen molar-refractivity contribution in [2.75, 3.05) is 0 Å². The highest BCUT2D eigenvalue weighted by Crippen LogP contribution is 2.11. The van der Waals surface area contributed by atoms with Gasteiger partial charge in [0, 0.05) is 24.1 Å². The van der Waals surface area contributed by atoms with E-state index in [9.17, 15) is 4.79 Å². The van der Waals surface area contributed by atoms with E-state index in [1.807, 2.05) is 52.9 Å². The molecule has 0 radical (unpaired) electrons. The van der Waals surface area contributed by atoms with E-state index in [4.69, 9.17) is 0 Å². The van der Waals surface area contributed by atoms with Crippen LogP contribution in [-0.4, -0.2) is 20.3 Å². The molecule has 2 heterocycles. The number of rotatable bonds is 4. The number of nitrogens with zero attached hydrogens (tertiary/aromatic N) is 3. The number of nitrogens with one attached hydrogen (secondary N) is 1. The van der Waals surface area contributed by atoms with Crippen molar-refractivity contribution in [2.45, 2.75) is 40.3 Å². The highest BCUT2D eigenvalue weighted by Gasteiger charge is 2.17. The van der Waals surface area contributed by atoms with E-state index in [1.165, 1.54) is 5.69 Å². The molecule has 0 fully saturated rings. The van der Waals surface area contributed by atoms with Crippen molar-refractivity contribution in [3.63, 3.8) is 0 Å².